The van der Waals surface area contributed by atoms with Crippen molar-refractivity contribution >= 4 is 0 Å². The minimum Gasteiger partial charge on any atom is -0.443 e. The first-order valence-corrected chi connectivity index (χ1v) is 9.87. The van der Waals surface area contributed by atoms with E-state index in [1.165, 1.54) is 0 Å². The van der Waals surface area contributed by atoms with Crippen molar-refractivity contribution in [2.24, 2.45) is 0 Å². The molecule has 1 unspecified atom stereocenters. The first kappa shape index (κ1) is 22.3. The maximum atomic E-state index is 10.3. The number of terminal acetylenes is 1. The lowest BCUT2D eigenvalue weighted by molar-refractivity contribution is -0.278. The summed E-state index contributed by atoms with van der Waals surface area (Å²) in [7, 11) is 0. The minimum atomic E-state index is -1.52. The van der Waals surface area contributed by atoms with Gasteiger partial charge in [0.2, 0.25) is 12.2 Å². The molecule has 4 N–H and O–H groups in total. The van der Waals surface area contributed by atoms with Crippen LogP contribution in [-0.2, 0) is 11.2 Å². The Morgan fingerprint density at radius 3 is 2.40 bits per heavy atom. The molecule has 162 valence electrons. The van der Waals surface area contributed by atoms with Gasteiger partial charge in [0.1, 0.15) is 24.4 Å². The van der Waals surface area contributed by atoms with Gasteiger partial charge in [0, 0.05) is 29.3 Å². The lowest BCUT2D eigenvalue weighted by Gasteiger charge is -2.39. The molecule has 5 atom stereocenters. The standard InChI is InChI=1S/C22H28N2O6/c1-5-14-6-8-15(9-7-14)10-16-13(4)24(12(2)3)23-21(16)30-22-20(28)19(27)18(26)17(11-25)29-22/h1,6-9,12,17-20,22,25-28H,10-11H2,2-4H3/t17?,18-,19+,20-,22+/m1/s1. The number of aliphatic hydroxyl groups is 4. The Hall–Kier alpha value is -2.41. The van der Waals surface area contributed by atoms with E-state index in [0.29, 0.717) is 6.42 Å². The molecule has 2 aromatic rings. The van der Waals surface area contributed by atoms with Crippen LogP contribution in [0.4, 0.5) is 0 Å². The molecule has 30 heavy (non-hydrogen) atoms. The van der Waals surface area contributed by atoms with Crippen molar-refractivity contribution in [1.82, 2.24) is 9.78 Å². The Kier molecular flexibility index (Phi) is 6.81. The fraction of sp³-hybridized carbons (Fsp3) is 0.500. The van der Waals surface area contributed by atoms with E-state index < -0.39 is 37.3 Å². The zero-order chi connectivity index (χ0) is 22.0. The number of rotatable bonds is 6. The second-order valence-corrected chi connectivity index (χ2v) is 7.74. The average molecular weight is 416 g/mol. The van der Waals surface area contributed by atoms with Crippen molar-refractivity contribution in [3.05, 3.63) is 46.6 Å². The highest BCUT2D eigenvalue weighted by molar-refractivity contribution is 5.40. The Morgan fingerprint density at radius 2 is 1.83 bits per heavy atom. The summed E-state index contributed by atoms with van der Waals surface area (Å²) < 4.78 is 13.1. The Bertz CT molecular complexity index is 900. The van der Waals surface area contributed by atoms with Crippen molar-refractivity contribution in [1.29, 1.82) is 0 Å². The highest BCUT2D eigenvalue weighted by atomic mass is 16.7. The van der Waals surface area contributed by atoms with Gasteiger partial charge in [0.25, 0.3) is 0 Å². The number of aliphatic hydroxyl groups excluding tert-OH is 4. The third-order valence-electron chi connectivity index (χ3n) is 5.30. The zero-order valence-electron chi connectivity index (χ0n) is 17.3. The Morgan fingerprint density at radius 1 is 1.17 bits per heavy atom. The van der Waals surface area contributed by atoms with Crippen molar-refractivity contribution in [3.63, 3.8) is 0 Å². The van der Waals surface area contributed by atoms with Crippen molar-refractivity contribution in [2.75, 3.05) is 6.61 Å². The molecular formula is C22H28N2O6. The van der Waals surface area contributed by atoms with Gasteiger partial charge < -0.3 is 29.9 Å². The van der Waals surface area contributed by atoms with Gasteiger partial charge in [0.15, 0.2) is 0 Å². The summed E-state index contributed by atoms with van der Waals surface area (Å²) in [5.41, 5.74) is 3.48. The molecule has 1 saturated heterocycles. The van der Waals surface area contributed by atoms with Gasteiger partial charge in [0.05, 0.1) is 6.61 Å². The van der Waals surface area contributed by atoms with E-state index in [9.17, 15) is 20.4 Å². The van der Waals surface area contributed by atoms with Crippen LogP contribution in [-0.4, -0.2) is 67.5 Å². The fourth-order valence-corrected chi connectivity index (χ4v) is 3.52. The molecule has 8 heteroatoms. The lowest BCUT2D eigenvalue weighted by Crippen LogP contribution is -2.60. The molecule has 1 aromatic heterocycles. The van der Waals surface area contributed by atoms with Gasteiger partial charge in [-0.15, -0.1) is 11.5 Å². The maximum absolute atomic E-state index is 10.3. The van der Waals surface area contributed by atoms with E-state index in [1.54, 1.807) is 0 Å². The summed E-state index contributed by atoms with van der Waals surface area (Å²) >= 11 is 0. The van der Waals surface area contributed by atoms with Crippen LogP contribution < -0.4 is 4.74 Å². The summed E-state index contributed by atoms with van der Waals surface area (Å²) in [6.07, 6.45) is -0.891. The van der Waals surface area contributed by atoms with Gasteiger partial charge in [-0.1, -0.05) is 18.1 Å². The van der Waals surface area contributed by atoms with E-state index in [-0.39, 0.29) is 11.9 Å². The van der Waals surface area contributed by atoms with Gasteiger partial charge >= 0.3 is 0 Å². The van der Waals surface area contributed by atoms with E-state index in [4.69, 9.17) is 15.9 Å². The molecule has 1 aromatic carbocycles. The van der Waals surface area contributed by atoms with Gasteiger partial charge in [-0.2, -0.15) is 0 Å². The molecule has 8 nitrogen and oxygen atoms in total. The molecule has 0 saturated carbocycles. The van der Waals surface area contributed by atoms with Crippen LogP contribution >= 0.6 is 0 Å². The Labute approximate surface area is 175 Å². The molecule has 0 bridgehead atoms. The molecule has 0 amide bonds. The van der Waals surface area contributed by atoms with Crippen LogP contribution in [0, 0.1) is 19.3 Å². The first-order chi connectivity index (χ1) is 14.3. The highest BCUT2D eigenvalue weighted by Crippen LogP contribution is 2.30. The number of hydrogen-bond donors (Lipinski definition) is 4. The van der Waals surface area contributed by atoms with Crippen molar-refractivity contribution < 1.29 is 29.9 Å². The number of ether oxygens (including phenoxy) is 2. The second-order valence-electron chi connectivity index (χ2n) is 7.74. The van der Waals surface area contributed by atoms with Crippen LogP contribution in [0.5, 0.6) is 5.88 Å². The summed E-state index contributed by atoms with van der Waals surface area (Å²) in [5, 5.41) is 44.2. The van der Waals surface area contributed by atoms with E-state index in [0.717, 1.165) is 22.4 Å². The molecule has 3 rings (SSSR count). The summed E-state index contributed by atoms with van der Waals surface area (Å²) in [6.45, 7) is 5.38. The summed E-state index contributed by atoms with van der Waals surface area (Å²) in [6, 6.07) is 7.64. The van der Waals surface area contributed by atoms with E-state index in [1.807, 2.05) is 49.7 Å². The normalized spacial score (nSPS) is 26.6. The van der Waals surface area contributed by atoms with Crippen LogP contribution in [0.15, 0.2) is 24.3 Å². The predicted molar refractivity (Wildman–Crippen MR) is 109 cm³/mol. The molecular weight excluding hydrogens is 388 g/mol. The number of benzene rings is 1. The quantitative estimate of drug-likeness (QED) is 0.507. The lowest BCUT2D eigenvalue weighted by atomic mass is 9.99. The highest BCUT2D eigenvalue weighted by Gasteiger charge is 2.45. The van der Waals surface area contributed by atoms with E-state index in [2.05, 4.69) is 11.0 Å². The third-order valence-corrected chi connectivity index (χ3v) is 5.30. The van der Waals surface area contributed by atoms with Gasteiger partial charge in [-0.05, 0) is 38.5 Å². The van der Waals surface area contributed by atoms with Crippen LogP contribution in [0.2, 0.25) is 0 Å². The monoisotopic (exact) mass is 416 g/mol. The summed E-state index contributed by atoms with van der Waals surface area (Å²) in [4.78, 5) is 0. The molecule has 1 aliphatic heterocycles. The SMILES string of the molecule is C#Cc1ccc(Cc2c(O[C@@H]3OC(CO)[C@@H](O)[C@H](O)[C@H]3O)nn(C(C)C)c2C)cc1. The fourth-order valence-electron chi connectivity index (χ4n) is 3.52. The van der Waals surface area contributed by atoms with Gasteiger partial charge in [-0.3, -0.25) is 4.68 Å². The second kappa shape index (κ2) is 9.16. The smallest absolute Gasteiger partial charge is 0.239 e. The molecule has 2 heterocycles. The zero-order valence-corrected chi connectivity index (χ0v) is 17.3. The van der Waals surface area contributed by atoms with Crippen LogP contribution in [0.25, 0.3) is 0 Å². The third kappa shape index (κ3) is 4.36. The number of hydrogen-bond acceptors (Lipinski definition) is 7. The largest absolute Gasteiger partial charge is 0.443 e. The topological polar surface area (TPSA) is 117 Å². The van der Waals surface area contributed by atoms with Crippen LogP contribution in [0.1, 0.15) is 42.3 Å². The maximum Gasteiger partial charge on any atom is 0.239 e. The summed E-state index contributed by atoms with van der Waals surface area (Å²) in [5.74, 6) is 2.84. The molecule has 0 radical (unpaired) electrons. The molecule has 0 aliphatic carbocycles. The molecule has 0 spiro atoms. The van der Waals surface area contributed by atoms with E-state index >= 15 is 0 Å². The number of nitrogens with zero attached hydrogens (tertiary/aromatic N) is 2. The molecule has 1 aliphatic rings. The van der Waals surface area contributed by atoms with Crippen molar-refractivity contribution in [2.45, 2.75) is 63.9 Å². The number of aromatic nitrogens is 2. The average Bonchev–Trinajstić information content (AvgIpc) is 3.04. The van der Waals surface area contributed by atoms with Gasteiger partial charge in [-0.25, -0.2) is 0 Å². The van der Waals surface area contributed by atoms with Crippen molar-refractivity contribution in [3.8, 4) is 18.2 Å². The van der Waals surface area contributed by atoms with Crippen LogP contribution in [0.3, 0.4) is 0 Å². The first-order valence-electron chi connectivity index (χ1n) is 9.87. The Balaban J connectivity index is 1.91. The predicted octanol–water partition coefficient (Wildman–Crippen LogP) is 0.523. The minimum absolute atomic E-state index is 0.0692. The molecule has 1 fully saturated rings.